The highest BCUT2D eigenvalue weighted by atomic mass is 15.0. The third-order valence-corrected chi connectivity index (χ3v) is 2.94. The molecular weight excluding hydrogens is 198 g/mol. The van der Waals surface area contributed by atoms with E-state index in [0.717, 1.165) is 19.4 Å². The van der Waals surface area contributed by atoms with Gasteiger partial charge in [-0.3, -0.25) is 0 Å². The fourth-order valence-corrected chi connectivity index (χ4v) is 1.66. The van der Waals surface area contributed by atoms with Crippen molar-refractivity contribution < 1.29 is 0 Å². The van der Waals surface area contributed by atoms with Crippen molar-refractivity contribution in [3.8, 4) is 0 Å². The molecule has 0 spiro atoms. The summed E-state index contributed by atoms with van der Waals surface area (Å²) in [5.41, 5.74) is 0.330. The molecule has 92 valence electrons. The Morgan fingerprint density at radius 3 is 2.62 bits per heavy atom. The fraction of sp³-hybridized carbons (Fsp3) is 0.769. The smallest absolute Gasteiger partial charge is 0.108 e. The molecule has 0 aliphatic heterocycles. The molecule has 1 heterocycles. The zero-order valence-corrected chi connectivity index (χ0v) is 11.2. The van der Waals surface area contributed by atoms with Crippen molar-refractivity contribution >= 4 is 0 Å². The summed E-state index contributed by atoms with van der Waals surface area (Å²) in [5, 5.41) is 3.50. The minimum atomic E-state index is 0.330. The number of hydrogen-bond acceptors (Lipinski definition) is 2. The Labute approximate surface area is 99.3 Å². The minimum absolute atomic E-state index is 0.330. The van der Waals surface area contributed by atoms with E-state index >= 15 is 0 Å². The Bertz CT molecular complexity index is 313. The van der Waals surface area contributed by atoms with Crippen LogP contribution in [0.2, 0.25) is 0 Å². The summed E-state index contributed by atoms with van der Waals surface area (Å²) in [7, 11) is 2.06. The van der Waals surface area contributed by atoms with Crippen LogP contribution in [0.25, 0.3) is 0 Å². The van der Waals surface area contributed by atoms with Crippen molar-refractivity contribution in [2.24, 2.45) is 12.5 Å². The summed E-state index contributed by atoms with van der Waals surface area (Å²) in [4.78, 5) is 4.36. The Morgan fingerprint density at radius 2 is 2.12 bits per heavy atom. The number of rotatable bonds is 6. The third kappa shape index (κ3) is 4.35. The number of imidazole rings is 1. The molecule has 3 nitrogen and oxygen atoms in total. The number of nitrogens with zero attached hydrogens (tertiary/aromatic N) is 2. The van der Waals surface area contributed by atoms with Crippen molar-refractivity contribution in [1.29, 1.82) is 0 Å². The third-order valence-electron chi connectivity index (χ3n) is 2.94. The van der Waals surface area contributed by atoms with Gasteiger partial charge in [-0.25, -0.2) is 4.98 Å². The monoisotopic (exact) mass is 223 g/mol. The molecule has 0 unspecified atom stereocenters. The van der Waals surface area contributed by atoms with E-state index < -0.39 is 0 Å². The number of nitrogens with one attached hydrogen (secondary N) is 1. The fourth-order valence-electron chi connectivity index (χ4n) is 1.66. The van der Waals surface area contributed by atoms with Crippen LogP contribution in [0.5, 0.6) is 0 Å². The van der Waals surface area contributed by atoms with Crippen molar-refractivity contribution in [3.63, 3.8) is 0 Å². The number of aromatic nitrogens is 2. The molecule has 1 rings (SSSR count). The van der Waals surface area contributed by atoms with Gasteiger partial charge in [0.05, 0.1) is 0 Å². The lowest BCUT2D eigenvalue weighted by Crippen LogP contribution is -2.34. The molecule has 0 bridgehead atoms. The Hall–Kier alpha value is -0.830. The molecule has 0 saturated heterocycles. The second-order valence-corrected chi connectivity index (χ2v) is 5.65. The lowest BCUT2D eigenvalue weighted by Gasteiger charge is -2.26. The van der Waals surface area contributed by atoms with Gasteiger partial charge in [-0.1, -0.05) is 27.7 Å². The van der Waals surface area contributed by atoms with E-state index in [1.807, 2.05) is 12.4 Å². The maximum atomic E-state index is 4.36. The van der Waals surface area contributed by atoms with Gasteiger partial charge in [-0.2, -0.15) is 0 Å². The first-order valence-corrected chi connectivity index (χ1v) is 6.10. The second kappa shape index (κ2) is 5.48. The Balaban J connectivity index is 2.38. The van der Waals surface area contributed by atoms with E-state index in [0.29, 0.717) is 11.5 Å². The van der Waals surface area contributed by atoms with Gasteiger partial charge in [-0.05, 0) is 11.8 Å². The van der Waals surface area contributed by atoms with Crippen LogP contribution < -0.4 is 5.32 Å². The van der Waals surface area contributed by atoms with Crippen molar-refractivity contribution in [1.82, 2.24) is 14.9 Å². The Morgan fingerprint density at radius 1 is 1.44 bits per heavy atom. The van der Waals surface area contributed by atoms with Gasteiger partial charge in [0.25, 0.3) is 0 Å². The van der Waals surface area contributed by atoms with Gasteiger partial charge in [0, 0.05) is 38.4 Å². The average molecular weight is 223 g/mol. The highest BCUT2D eigenvalue weighted by Crippen LogP contribution is 2.21. The van der Waals surface area contributed by atoms with Gasteiger partial charge in [0.1, 0.15) is 5.82 Å². The molecule has 0 aliphatic carbocycles. The van der Waals surface area contributed by atoms with Crippen LogP contribution in [0.1, 0.15) is 39.9 Å². The summed E-state index contributed by atoms with van der Waals surface area (Å²) >= 11 is 0. The van der Waals surface area contributed by atoms with Crippen LogP contribution in [0.4, 0.5) is 0 Å². The Kier molecular flexibility index (Phi) is 4.54. The summed E-state index contributed by atoms with van der Waals surface area (Å²) in [6.45, 7) is 10.1. The second-order valence-electron chi connectivity index (χ2n) is 5.65. The van der Waals surface area contributed by atoms with E-state index in [1.54, 1.807) is 0 Å². The zero-order valence-electron chi connectivity index (χ0n) is 11.2. The van der Waals surface area contributed by atoms with E-state index in [-0.39, 0.29) is 0 Å². The SMILES string of the molecule is CC(C)NCC(C)(C)CCc1nccn1C. The van der Waals surface area contributed by atoms with Crippen molar-refractivity contribution in [3.05, 3.63) is 18.2 Å². The molecule has 0 aromatic carbocycles. The predicted octanol–water partition coefficient (Wildman–Crippen LogP) is 2.38. The molecular formula is C13H25N3. The molecule has 1 aromatic heterocycles. The van der Waals surface area contributed by atoms with Crippen molar-refractivity contribution in [2.45, 2.75) is 46.6 Å². The van der Waals surface area contributed by atoms with E-state index in [2.05, 4.69) is 49.6 Å². The summed E-state index contributed by atoms with van der Waals surface area (Å²) in [6.07, 6.45) is 6.09. The lowest BCUT2D eigenvalue weighted by atomic mass is 9.87. The maximum Gasteiger partial charge on any atom is 0.108 e. The molecule has 0 radical (unpaired) electrons. The first kappa shape index (κ1) is 13.2. The molecule has 0 atom stereocenters. The first-order valence-electron chi connectivity index (χ1n) is 6.10. The maximum absolute atomic E-state index is 4.36. The molecule has 0 saturated carbocycles. The highest BCUT2D eigenvalue weighted by Gasteiger charge is 2.18. The molecule has 0 amide bonds. The van der Waals surface area contributed by atoms with Crippen LogP contribution in [-0.2, 0) is 13.5 Å². The summed E-state index contributed by atoms with van der Waals surface area (Å²) in [6, 6.07) is 0.562. The van der Waals surface area contributed by atoms with Crippen LogP contribution in [0.3, 0.4) is 0 Å². The van der Waals surface area contributed by atoms with Gasteiger partial charge in [0.2, 0.25) is 0 Å². The lowest BCUT2D eigenvalue weighted by molar-refractivity contribution is 0.301. The van der Waals surface area contributed by atoms with E-state index in [1.165, 1.54) is 5.82 Å². The van der Waals surface area contributed by atoms with Crippen LogP contribution in [0, 0.1) is 5.41 Å². The molecule has 3 heteroatoms. The van der Waals surface area contributed by atoms with E-state index in [4.69, 9.17) is 0 Å². The summed E-state index contributed by atoms with van der Waals surface area (Å²) in [5.74, 6) is 1.18. The normalized spacial score (nSPS) is 12.4. The number of aryl methyl sites for hydroxylation is 2. The van der Waals surface area contributed by atoms with Crippen LogP contribution in [-0.4, -0.2) is 22.1 Å². The van der Waals surface area contributed by atoms with Gasteiger partial charge < -0.3 is 9.88 Å². The van der Waals surface area contributed by atoms with E-state index in [9.17, 15) is 0 Å². The van der Waals surface area contributed by atoms with Gasteiger partial charge in [0.15, 0.2) is 0 Å². The van der Waals surface area contributed by atoms with Gasteiger partial charge >= 0.3 is 0 Å². The molecule has 1 aromatic rings. The van der Waals surface area contributed by atoms with Crippen molar-refractivity contribution in [2.75, 3.05) is 6.54 Å². The molecule has 16 heavy (non-hydrogen) atoms. The molecule has 0 aliphatic rings. The topological polar surface area (TPSA) is 29.9 Å². The summed E-state index contributed by atoms with van der Waals surface area (Å²) < 4.78 is 2.10. The van der Waals surface area contributed by atoms with Crippen LogP contribution >= 0.6 is 0 Å². The zero-order chi connectivity index (χ0) is 12.2. The first-order chi connectivity index (χ1) is 7.41. The largest absolute Gasteiger partial charge is 0.338 e. The number of hydrogen-bond donors (Lipinski definition) is 1. The minimum Gasteiger partial charge on any atom is -0.338 e. The molecule has 0 fully saturated rings. The quantitative estimate of drug-likeness (QED) is 0.802. The van der Waals surface area contributed by atoms with Crippen LogP contribution in [0.15, 0.2) is 12.4 Å². The highest BCUT2D eigenvalue weighted by molar-refractivity contribution is 4.92. The standard InChI is InChI=1S/C13H25N3/c1-11(2)15-10-13(3,4)7-6-12-14-8-9-16(12)5/h8-9,11,15H,6-7,10H2,1-5H3. The average Bonchev–Trinajstić information content (AvgIpc) is 2.59. The van der Waals surface area contributed by atoms with Gasteiger partial charge in [-0.15, -0.1) is 0 Å². The molecule has 1 N–H and O–H groups in total. The predicted molar refractivity (Wildman–Crippen MR) is 68.4 cm³/mol.